The molecule has 0 N–H and O–H groups in total. The van der Waals surface area contributed by atoms with Crippen LogP contribution in [0.3, 0.4) is 0 Å². The lowest BCUT2D eigenvalue weighted by Crippen LogP contribution is -2.48. The summed E-state index contributed by atoms with van der Waals surface area (Å²) in [6.07, 6.45) is 0. The van der Waals surface area contributed by atoms with E-state index in [1.807, 2.05) is 19.1 Å². The van der Waals surface area contributed by atoms with E-state index < -0.39 is 5.97 Å². The molecule has 0 saturated carbocycles. The number of aryl methyl sites for hydroxylation is 1. The molecule has 140 valence electrons. The first kappa shape index (κ1) is 18.4. The van der Waals surface area contributed by atoms with Gasteiger partial charge in [-0.2, -0.15) is 0 Å². The number of hydrogen-bond donors (Lipinski definition) is 0. The maximum atomic E-state index is 13.1. The van der Waals surface area contributed by atoms with Gasteiger partial charge in [-0.15, -0.1) is 0 Å². The average Bonchev–Trinajstić information content (AvgIpc) is 2.68. The van der Waals surface area contributed by atoms with Gasteiger partial charge in [-0.05, 0) is 30.7 Å². The second-order valence-electron chi connectivity index (χ2n) is 6.08. The molecule has 0 aromatic heterocycles. The van der Waals surface area contributed by atoms with Crippen LogP contribution in [-0.4, -0.2) is 44.6 Å². The molecule has 1 aliphatic rings. The molecular formula is C20H20N2O5. The average molecular weight is 368 g/mol. The Balaban J connectivity index is 1.90. The van der Waals surface area contributed by atoms with Crippen LogP contribution >= 0.6 is 0 Å². The summed E-state index contributed by atoms with van der Waals surface area (Å²) in [5.41, 5.74) is 1.97. The lowest BCUT2D eigenvalue weighted by Gasteiger charge is -2.31. The number of ether oxygens (including phenoxy) is 2. The summed E-state index contributed by atoms with van der Waals surface area (Å²) in [5, 5.41) is 0. The Morgan fingerprint density at radius 3 is 2.59 bits per heavy atom. The second-order valence-corrected chi connectivity index (χ2v) is 6.08. The molecule has 2 amide bonds. The van der Waals surface area contributed by atoms with Gasteiger partial charge in [0.15, 0.2) is 6.61 Å². The highest BCUT2D eigenvalue weighted by molar-refractivity contribution is 6.07. The zero-order valence-electron chi connectivity index (χ0n) is 15.2. The summed E-state index contributed by atoms with van der Waals surface area (Å²) in [5.74, 6) is -0.703. The van der Waals surface area contributed by atoms with Gasteiger partial charge >= 0.3 is 5.97 Å². The van der Waals surface area contributed by atoms with Crippen LogP contribution in [0.15, 0.2) is 48.5 Å². The van der Waals surface area contributed by atoms with Crippen molar-refractivity contribution in [3.8, 4) is 5.75 Å². The van der Waals surface area contributed by atoms with Crippen LogP contribution < -0.4 is 14.5 Å². The van der Waals surface area contributed by atoms with Gasteiger partial charge < -0.3 is 9.47 Å². The predicted octanol–water partition coefficient (Wildman–Crippen LogP) is 1.93. The van der Waals surface area contributed by atoms with E-state index in [1.54, 1.807) is 36.4 Å². The Bertz CT molecular complexity index is 880. The first-order valence-electron chi connectivity index (χ1n) is 8.46. The van der Waals surface area contributed by atoms with E-state index in [-0.39, 0.29) is 31.5 Å². The minimum absolute atomic E-state index is 0.133. The van der Waals surface area contributed by atoms with E-state index in [9.17, 15) is 14.4 Å². The molecule has 0 saturated heterocycles. The molecule has 0 spiro atoms. The van der Waals surface area contributed by atoms with Crippen LogP contribution in [0.1, 0.15) is 5.56 Å². The minimum atomic E-state index is -0.541. The third-order valence-electron chi connectivity index (χ3n) is 4.32. The smallest absolute Gasteiger partial charge is 0.325 e. The van der Waals surface area contributed by atoms with E-state index in [1.165, 1.54) is 16.9 Å². The number of hydrogen-bond acceptors (Lipinski definition) is 5. The van der Waals surface area contributed by atoms with Crippen molar-refractivity contribution in [3.63, 3.8) is 0 Å². The quantitative estimate of drug-likeness (QED) is 0.754. The van der Waals surface area contributed by atoms with Gasteiger partial charge in [0.1, 0.15) is 18.8 Å². The van der Waals surface area contributed by atoms with Crippen LogP contribution in [0.25, 0.3) is 0 Å². The molecule has 0 radical (unpaired) electrons. The van der Waals surface area contributed by atoms with Gasteiger partial charge in [0.05, 0.1) is 12.8 Å². The molecule has 0 fully saturated rings. The molecule has 0 aliphatic carbocycles. The lowest BCUT2D eigenvalue weighted by atomic mass is 10.1. The highest BCUT2D eigenvalue weighted by Crippen LogP contribution is 2.31. The number of nitrogens with zero attached hydrogens (tertiary/aromatic N) is 2. The van der Waals surface area contributed by atoms with Gasteiger partial charge in [0.2, 0.25) is 5.91 Å². The number of methoxy groups -OCH3 is 1. The van der Waals surface area contributed by atoms with Crippen LogP contribution in [0.5, 0.6) is 5.75 Å². The van der Waals surface area contributed by atoms with Crippen molar-refractivity contribution in [1.82, 2.24) is 0 Å². The molecule has 7 nitrogen and oxygen atoms in total. The maximum absolute atomic E-state index is 13.1. The number of amides is 2. The van der Waals surface area contributed by atoms with Crippen molar-refractivity contribution in [3.05, 3.63) is 54.1 Å². The van der Waals surface area contributed by atoms with E-state index in [0.29, 0.717) is 17.1 Å². The lowest BCUT2D eigenvalue weighted by molar-refractivity contribution is -0.140. The Morgan fingerprint density at radius 1 is 1.15 bits per heavy atom. The summed E-state index contributed by atoms with van der Waals surface area (Å²) in [6.45, 7) is 1.28. The van der Waals surface area contributed by atoms with Crippen molar-refractivity contribution in [2.45, 2.75) is 6.92 Å². The Morgan fingerprint density at radius 2 is 1.85 bits per heavy atom. The highest BCUT2D eigenvalue weighted by Gasteiger charge is 2.30. The third kappa shape index (κ3) is 3.92. The second kappa shape index (κ2) is 7.90. The predicted molar refractivity (Wildman–Crippen MR) is 99.8 cm³/mol. The molecule has 2 aromatic rings. The Labute approximate surface area is 157 Å². The number of benzene rings is 2. The van der Waals surface area contributed by atoms with Crippen molar-refractivity contribution in [2.24, 2.45) is 0 Å². The fourth-order valence-corrected chi connectivity index (χ4v) is 2.92. The molecular weight excluding hydrogens is 348 g/mol. The molecule has 27 heavy (non-hydrogen) atoms. The standard InChI is InChI=1S/C20H20N2O5/c1-14-7-3-4-8-15(14)22(12-20(25)26-2)18(23)11-21-16-9-5-6-10-17(16)27-13-19(21)24/h3-10H,11-13H2,1-2H3. The monoisotopic (exact) mass is 368 g/mol. The van der Waals surface area contributed by atoms with Crippen LogP contribution in [-0.2, 0) is 19.1 Å². The van der Waals surface area contributed by atoms with Crippen molar-refractivity contribution in [2.75, 3.05) is 36.6 Å². The van der Waals surface area contributed by atoms with E-state index in [2.05, 4.69) is 0 Å². The number of rotatable bonds is 5. The van der Waals surface area contributed by atoms with Crippen molar-refractivity contribution < 1.29 is 23.9 Å². The van der Waals surface area contributed by atoms with Crippen LogP contribution in [0, 0.1) is 6.92 Å². The van der Waals surface area contributed by atoms with E-state index >= 15 is 0 Å². The van der Waals surface area contributed by atoms with E-state index in [0.717, 1.165) is 5.56 Å². The molecule has 3 rings (SSSR count). The fourth-order valence-electron chi connectivity index (χ4n) is 2.92. The maximum Gasteiger partial charge on any atom is 0.325 e. The first-order valence-corrected chi connectivity index (χ1v) is 8.46. The molecule has 7 heteroatoms. The summed E-state index contributed by atoms with van der Waals surface area (Å²) in [4.78, 5) is 40.0. The third-order valence-corrected chi connectivity index (χ3v) is 4.32. The summed E-state index contributed by atoms with van der Waals surface area (Å²) in [6, 6.07) is 14.3. The number of para-hydroxylation sites is 3. The van der Waals surface area contributed by atoms with Crippen LogP contribution in [0.4, 0.5) is 11.4 Å². The number of anilines is 2. The van der Waals surface area contributed by atoms with Crippen molar-refractivity contribution in [1.29, 1.82) is 0 Å². The summed E-state index contributed by atoms with van der Waals surface area (Å²) < 4.78 is 10.1. The normalized spacial score (nSPS) is 12.8. The van der Waals surface area contributed by atoms with E-state index in [4.69, 9.17) is 9.47 Å². The van der Waals surface area contributed by atoms with Gasteiger partial charge in [-0.3, -0.25) is 24.2 Å². The Kier molecular flexibility index (Phi) is 5.40. The van der Waals surface area contributed by atoms with Gasteiger partial charge in [0, 0.05) is 5.69 Å². The molecule has 0 atom stereocenters. The zero-order valence-corrected chi connectivity index (χ0v) is 15.2. The van der Waals surface area contributed by atoms with Crippen molar-refractivity contribution >= 4 is 29.2 Å². The molecule has 0 unspecified atom stereocenters. The fraction of sp³-hybridized carbons (Fsp3) is 0.250. The first-order chi connectivity index (χ1) is 13.0. The summed E-state index contributed by atoms with van der Waals surface area (Å²) >= 11 is 0. The number of carbonyl (C=O) groups excluding carboxylic acids is 3. The SMILES string of the molecule is COC(=O)CN(C(=O)CN1C(=O)COc2ccccc21)c1ccccc1C. The molecule has 2 aromatic carbocycles. The van der Waals surface area contributed by atoms with Gasteiger partial charge in [0.25, 0.3) is 5.91 Å². The minimum Gasteiger partial charge on any atom is -0.482 e. The summed E-state index contributed by atoms with van der Waals surface area (Å²) in [7, 11) is 1.27. The zero-order chi connectivity index (χ0) is 19.4. The molecule has 0 bridgehead atoms. The number of carbonyl (C=O) groups is 3. The number of esters is 1. The number of fused-ring (bicyclic) bond motifs is 1. The van der Waals surface area contributed by atoms with Crippen LogP contribution in [0.2, 0.25) is 0 Å². The largest absolute Gasteiger partial charge is 0.482 e. The highest BCUT2D eigenvalue weighted by atomic mass is 16.5. The Hall–Kier alpha value is -3.35. The van der Waals surface area contributed by atoms with Gasteiger partial charge in [-0.1, -0.05) is 30.3 Å². The van der Waals surface area contributed by atoms with Gasteiger partial charge in [-0.25, -0.2) is 0 Å². The molecule has 1 heterocycles. The topological polar surface area (TPSA) is 76.2 Å². The molecule has 1 aliphatic heterocycles.